The fraction of sp³-hybridized carbons (Fsp3) is 0.533. The van der Waals surface area contributed by atoms with E-state index in [0.29, 0.717) is 17.5 Å². The number of methoxy groups -OCH3 is 1. The fourth-order valence-corrected chi connectivity index (χ4v) is 2.96. The van der Waals surface area contributed by atoms with Gasteiger partial charge in [-0.25, -0.2) is 0 Å². The van der Waals surface area contributed by atoms with Crippen molar-refractivity contribution in [3.05, 3.63) is 28.3 Å². The molecule has 110 valence electrons. The minimum absolute atomic E-state index is 0.328. The van der Waals surface area contributed by atoms with Gasteiger partial charge in [0.25, 0.3) is 0 Å². The van der Waals surface area contributed by atoms with Crippen LogP contribution in [0.15, 0.2) is 12.1 Å². The quantitative estimate of drug-likeness (QED) is 0.560. The molecule has 0 radical (unpaired) electrons. The van der Waals surface area contributed by atoms with Crippen molar-refractivity contribution < 1.29 is 14.3 Å². The van der Waals surface area contributed by atoms with Crippen molar-refractivity contribution in [1.29, 1.82) is 0 Å². The van der Waals surface area contributed by atoms with Crippen LogP contribution in [0.4, 0.5) is 0 Å². The number of ether oxygens (including phenoxy) is 2. The van der Waals surface area contributed by atoms with Crippen molar-refractivity contribution in [1.82, 2.24) is 0 Å². The van der Waals surface area contributed by atoms with Crippen LogP contribution in [0, 0.1) is 5.92 Å². The minimum atomic E-state index is -0.561. The summed E-state index contributed by atoms with van der Waals surface area (Å²) < 4.78 is 10.6. The average molecular weight is 362 g/mol. The molecule has 0 amide bonds. The molecule has 0 aliphatic heterocycles. The summed E-state index contributed by atoms with van der Waals surface area (Å²) in [6, 6.07) is 3.68. The Morgan fingerprint density at radius 1 is 1.50 bits per heavy atom. The number of benzene rings is 1. The highest BCUT2D eigenvalue weighted by Crippen LogP contribution is 2.41. The third-order valence-electron chi connectivity index (χ3n) is 3.34. The Morgan fingerprint density at radius 3 is 2.75 bits per heavy atom. The first-order valence-corrected chi connectivity index (χ1v) is 8.03. The SMILES string of the molecule is CCOC(=O)C(Br)c1cc(Cl)cc(CC2CC2)c1OC. The van der Waals surface area contributed by atoms with Crippen LogP contribution in [0.25, 0.3) is 0 Å². The van der Waals surface area contributed by atoms with Crippen molar-refractivity contribution >= 4 is 33.5 Å². The van der Waals surface area contributed by atoms with Crippen LogP contribution in [0.5, 0.6) is 5.75 Å². The third-order valence-corrected chi connectivity index (χ3v) is 4.42. The molecule has 0 N–H and O–H groups in total. The number of carbonyl (C=O) groups is 1. The zero-order valence-corrected chi connectivity index (χ0v) is 14.0. The molecule has 3 nitrogen and oxygen atoms in total. The van der Waals surface area contributed by atoms with Crippen molar-refractivity contribution in [2.45, 2.75) is 31.0 Å². The van der Waals surface area contributed by atoms with Gasteiger partial charge in [0.1, 0.15) is 10.6 Å². The van der Waals surface area contributed by atoms with E-state index in [9.17, 15) is 4.79 Å². The lowest BCUT2D eigenvalue weighted by molar-refractivity contribution is -0.142. The first-order valence-electron chi connectivity index (χ1n) is 6.73. The van der Waals surface area contributed by atoms with E-state index in [1.54, 1.807) is 20.1 Å². The van der Waals surface area contributed by atoms with Crippen molar-refractivity contribution in [2.75, 3.05) is 13.7 Å². The van der Waals surface area contributed by atoms with E-state index in [4.69, 9.17) is 21.1 Å². The molecule has 2 rings (SSSR count). The van der Waals surface area contributed by atoms with Crippen LogP contribution in [0.3, 0.4) is 0 Å². The summed E-state index contributed by atoms with van der Waals surface area (Å²) in [4.78, 5) is 11.3. The lowest BCUT2D eigenvalue weighted by Gasteiger charge is -2.17. The maximum absolute atomic E-state index is 11.9. The van der Waals surface area contributed by atoms with E-state index in [1.807, 2.05) is 6.07 Å². The molecule has 0 aromatic heterocycles. The molecule has 1 aliphatic carbocycles. The molecule has 0 bridgehead atoms. The lowest BCUT2D eigenvalue weighted by Crippen LogP contribution is -2.12. The van der Waals surface area contributed by atoms with Crippen LogP contribution >= 0.6 is 27.5 Å². The molecular weight excluding hydrogens is 344 g/mol. The van der Waals surface area contributed by atoms with Gasteiger partial charge in [-0.3, -0.25) is 4.79 Å². The van der Waals surface area contributed by atoms with Crippen molar-refractivity contribution in [3.8, 4) is 5.75 Å². The van der Waals surface area contributed by atoms with Crippen LogP contribution in [0.2, 0.25) is 5.02 Å². The first kappa shape index (κ1) is 15.6. The number of esters is 1. The van der Waals surface area contributed by atoms with Crippen LogP contribution in [-0.2, 0) is 16.0 Å². The van der Waals surface area contributed by atoms with Gasteiger partial charge in [0, 0.05) is 10.6 Å². The molecule has 20 heavy (non-hydrogen) atoms. The topological polar surface area (TPSA) is 35.5 Å². The summed E-state index contributed by atoms with van der Waals surface area (Å²) in [5, 5.41) is 0.616. The Bertz CT molecular complexity index is 500. The zero-order valence-electron chi connectivity index (χ0n) is 11.6. The predicted octanol–water partition coefficient (Wildman–Crippen LogP) is 4.30. The highest BCUT2D eigenvalue weighted by Gasteiger charge is 2.28. The summed E-state index contributed by atoms with van der Waals surface area (Å²) in [7, 11) is 1.62. The Balaban J connectivity index is 2.34. The molecule has 1 saturated carbocycles. The van der Waals surface area contributed by atoms with Crippen LogP contribution < -0.4 is 4.74 Å². The molecule has 1 atom stereocenters. The van der Waals surface area contributed by atoms with Crippen molar-refractivity contribution in [2.24, 2.45) is 5.92 Å². The number of alkyl halides is 1. The Morgan fingerprint density at radius 2 is 2.20 bits per heavy atom. The fourth-order valence-electron chi connectivity index (χ4n) is 2.24. The standard InChI is InChI=1S/C15H18BrClO3/c1-3-20-15(18)13(16)12-8-11(17)7-10(14(12)19-2)6-9-4-5-9/h7-9,13H,3-6H2,1-2H3. The molecule has 1 aromatic rings. The van der Waals surface area contributed by atoms with Crippen molar-refractivity contribution in [3.63, 3.8) is 0 Å². The second-order valence-electron chi connectivity index (χ2n) is 4.95. The second-order valence-corrected chi connectivity index (χ2v) is 6.30. The molecule has 0 heterocycles. The number of hydrogen-bond donors (Lipinski definition) is 0. The van der Waals surface area contributed by atoms with Gasteiger partial charge < -0.3 is 9.47 Å². The van der Waals surface area contributed by atoms with Crippen LogP contribution in [0.1, 0.15) is 35.7 Å². The molecular formula is C15H18BrClO3. The lowest BCUT2D eigenvalue weighted by atomic mass is 10.0. The van der Waals surface area contributed by atoms with E-state index in [0.717, 1.165) is 23.3 Å². The molecule has 1 aliphatic rings. The minimum Gasteiger partial charge on any atom is -0.496 e. The number of hydrogen-bond acceptors (Lipinski definition) is 3. The van der Waals surface area contributed by atoms with E-state index in [-0.39, 0.29) is 5.97 Å². The number of rotatable bonds is 6. The number of halogens is 2. The Kier molecular flexibility index (Phi) is 5.33. The zero-order chi connectivity index (χ0) is 14.7. The van der Waals surface area contributed by atoms with Gasteiger partial charge in [-0.05, 0) is 49.8 Å². The molecule has 1 unspecified atom stereocenters. The van der Waals surface area contributed by atoms with Gasteiger partial charge in [-0.15, -0.1) is 0 Å². The Hall–Kier alpha value is -0.740. The molecule has 1 fully saturated rings. The largest absolute Gasteiger partial charge is 0.496 e. The second kappa shape index (κ2) is 6.81. The maximum Gasteiger partial charge on any atom is 0.324 e. The van der Waals surface area contributed by atoms with Crippen LogP contribution in [-0.4, -0.2) is 19.7 Å². The van der Waals surface area contributed by atoms with Gasteiger partial charge in [-0.1, -0.05) is 27.5 Å². The maximum atomic E-state index is 11.9. The average Bonchev–Trinajstić information content (AvgIpc) is 3.21. The first-order chi connectivity index (χ1) is 9.56. The van der Waals surface area contributed by atoms with E-state index in [2.05, 4.69) is 15.9 Å². The van der Waals surface area contributed by atoms with E-state index in [1.165, 1.54) is 12.8 Å². The smallest absolute Gasteiger partial charge is 0.324 e. The van der Waals surface area contributed by atoms with Gasteiger partial charge in [-0.2, -0.15) is 0 Å². The third kappa shape index (κ3) is 3.67. The highest BCUT2D eigenvalue weighted by molar-refractivity contribution is 9.09. The number of carbonyl (C=O) groups excluding carboxylic acids is 1. The van der Waals surface area contributed by atoms with Gasteiger partial charge >= 0.3 is 5.97 Å². The molecule has 0 saturated heterocycles. The summed E-state index contributed by atoms with van der Waals surface area (Å²) in [6.45, 7) is 2.13. The summed E-state index contributed by atoms with van der Waals surface area (Å²) >= 11 is 9.56. The Labute approximate surface area is 132 Å². The normalized spacial score (nSPS) is 15.8. The molecule has 0 spiro atoms. The van der Waals surface area contributed by atoms with E-state index >= 15 is 0 Å². The summed E-state index contributed by atoms with van der Waals surface area (Å²) in [6.07, 6.45) is 3.44. The predicted molar refractivity (Wildman–Crippen MR) is 82.7 cm³/mol. The monoisotopic (exact) mass is 360 g/mol. The summed E-state index contributed by atoms with van der Waals surface area (Å²) in [5.74, 6) is 1.12. The van der Waals surface area contributed by atoms with Gasteiger partial charge in [0.2, 0.25) is 0 Å². The van der Waals surface area contributed by atoms with E-state index < -0.39 is 4.83 Å². The van der Waals surface area contributed by atoms with Gasteiger partial charge in [0.05, 0.1) is 13.7 Å². The molecule has 1 aromatic carbocycles. The highest BCUT2D eigenvalue weighted by atomic mass is 79.9. The summed E-state index contributed by atoms with van der Waals surface area (Å²) in [5.41, 5.74) is 1.79. The van der Waals surface area contributed by atoms with Gasteiger partial charge in [0.15, 0.2) is 0 Å². The molecule has 5 heteroatoms.